The number of hydrogen-bond acceptors (Lipinski definition) is 6. The van der Waals surface area contributed by atoms with Gasteiger partial charge < -0.3 is 14.6 Å². The van der Waals surface area contributed by atoms with E-state index in [1.165, 1.54) is 12.7 Å². The van der Waals surface area contributed by atoms with E-state index in [0.717, 1.165) is 63.4 Å². The van der Waals surface area contributed by atoms with Crippen molar-refractivity contribution in [1.82, 2.24) is 19.8 Å². The predicted molar refractivity (Wildman–Crippen MR) is 117 cm³/mol. The molecule has 8 heteroatoms. The fraction of sp³-hybridized carbons (Fsp3) is 0.591. The summed E-state index contributed by atoms with van der Waals surface area (Å²) in [5.41, 5.74) is 2.11. The zero-order chi connectivity index (χ0) is 20.9. The lowest BCUT2D eigenvalue weighted by atomic mass is 9.92. The van der Waals surface area contributed by atoms with Gasteiger partial charge in [-0.1, -0.05) is 0 Å². The van der Waals surface area contributed by atoms with E-state index in [0.29, 0.717) is 6.54 Å². The number of carbonyl (C=O) groups excluding carboxylic acids is 1. The summed E-state index contributed by atoms with van der Waals surface area (Å²) in [6.45, 7) is 4.47. The summed E-state index contributed by atoms with van der Waals surface area (Å²) in [4.78, 5) is 36.8. The molecule has 4 rings (SSSR count). The average molecular weight is 431 g/mol. The second kappa shape index (κ2) is 9.85. The van der Waals surface area contributed by atoms with E-state index in [1.54, 1.807) is 17.4 Å². The standard InChI is InChI=1S/C22H30N4O3S/c1-29-14-21(28)26-7-2-3-18(13-26)19-11-20(27)24-22(23-19)17-4-8-25(9-5-17)12-16-6-10-30-15-16/h6,10-11,15,17-18H,2-5,7-9,12-14H2,1H3,(H,23,24,27)/t18-/m0/s1. The van der Waals surface area contributed by atoms with Gasteiger partial charge in [0.2, 0.25) is 5.91 Å². The minimum atomic E-state index is -0.0870. The van der Waals surface area contributed by atoms with Gasteiger partial charge >= 0.3 is 0 Å². The van der Waals surface area contributed by atoms with Gasteiger partial charge in [-0.2, -0.15) is 11.3 Å². The molecular formula is C22H30N4O3S. The number of amides is 1. The highest BCUT2D eigenvalue weighted by Gasteiger charge is 2.28. The van der Waals surface area contributed by atoms with Crippen molar-refractivity contribution < 1.29 is 9.53 Å². The lowest BCUT2D eigenvalue weighted by Crippen LogP contribution is -2.41. The maximum Gasteiger partial charge on any atom is 0.251 e. The molecule has 0 aromatic carbocycles. The number of ether oxygens (including phenoxy) is 1. The van der Waals surface area contributed by atoms with Gasteiger partial charge in [-0.3, -0.25) is 14.5 Å². The molecule has 2 aliphatic heterocycles. The third-order valence-electron chi connectivity index (χ3n) is 6.20. The molecule has 0 spiro atoms. The number of piperidine rings is 2. The topological polar surface area (TPSA) is 78.5 Å². The van der Waals surface area contributed by atoms with E-state index in [1.807, 2.05) is 4.90 Å². The number of hydrogen-bond donors (Lipinski definition) is 1. The fourth-order valence-corrected chi connectivity index (χ4v) is 5.22. The first kappa shape index (κ1) is 21.2. The zero-order valence-corrected chi connectivity index (χ0v) is 18.3. The first-order valence-electron chi connectivity index (χ1n) is 10.7. The van der Waals surface area contributed by atoms with Crippen LogP contribution in [0.3, 0.4) is 0 Å². The van der Waals surface area contributed by atoms with Crippen molar-refractivity contribution in [2.24, 2.45) is 0 Å². The molecule has 0 aliphatic carbocycles. The summed E-state index contributed by atoms with van der Waals surface area (Å²) >= 11 is 1.74. The van der Waals surface area contributed by atoms with Gasteiger partial charge in [-0.15, -0.1) is 0 Å². The Morgan fingerprint density at radius 3 is 2.83 bits per heavy atom. The molecule has 1 amide bonds. The van der Waals surface area contributed by atoms with E-state index in [-0.39, 0.29) is 29.9 Å². The lowest BCUT2D eigenvalue weighted by Gasteiger charge is -2.33. The molecule has 30 heavy (non-hydrogen) atoms. The van der Waals surface area contributed by atoms with Crippen molar-refractivity contribution in [3.63, 3.8) is 0 Å². The Kier molecular flexibility index (Phi) is 6.97. The smallest absolute Gasteiger partial charge is 0.251 e. The van der Waals surface area contributed by atoms with Crippen molar-refractivity contribution in [2.75, 3.05) is 39.9 Å². The third-order valence-corrected chi connectivity index (χ3v) is 6.93. The van der Waals surface area contributed by atoms with Crippen LogP contribution >= 0.6 is 11.3 Å². The summed E-state index contributed by atoms with van der Waals surface area (Å²) in [6, 6.07) is 3.80. The minimum Gasteiger partial charge on any atom is -0.375 e. The van der Waals surface area contributed by atoms with Crippen LogP contribution in [0.2, 0.25) is 0 Å². The molecule has 2 fully saturated rings. The minimum absolute atomic E-state index is 0.00487. The molecule has 1 atom stereocenters. The molecule has 7 nitrogen and oxygen atoms in total. The highest BCUT2D eigenvalue weighted by Crippen LogP contribution is 2.29. The molecule has 0 radical (unpaired) electrons. The first-order valence-corrected chi connectivity index (χ1v) is 11.7. The molecular weight excluding hydrogens is 400 g/mol. The Morgan fingerprint density at radius 1 is 1.27 bits per heavy atom. The quantitative estimate of drug-likeness (QED) is 0.762. The Bertz CT molecular complexity index is 890. The number of methoxy groups -OCH3 is 1. The fourth-order valence-electron chi connectivity index (χ4n) is 4.56. The highest BCUT2D eigenvalue weighted by atomic mass is 32.1. The number of likely N-dealkylation sites (tertiary alicyclic amines) is 2. The summed E-state index contributed by atoms with van der Waals surface area (Å²) in [7, 11) is 1.54. The maximum absolute atomic E-state index is 12.4. The Labute approximate surface area is 181 Å². The Morgan fingerprint density at radius 2 is 2.10 bits per heavy atom. The average Bonchev–Trinajstić information content (AvgIpc) is 3.27. The molecule has 0 unspecified atom stereocenters. The number of aromatic nitrogens is 2. The number of nitrogens with zero attached hydrogens (tertiary/aromatic N) is 3. The SMILES string of the molecule is COCC(=O)N1CCC[C@H](c2cc(=O)[nH]c(C3CCN(Cc4ccsc4)CC3)n2)C1. The molecule has 0 saturated carbocycles. The second-order valence-electron chi connectivity index (χ2n) is 8.35. The van der Waals surface area contributed by atoms with Crippen molar-refractivity contribution in [1.29, 1.82) is 0 Å². The van der Waals surface area contributed by atoms with Crippen molar-refractivity contribution in [3.8, 4) is 0 Å². The van der Waals surface area contributed by atoms with E-state index in [4.69, 9.17) is 9.72 Å². The molecule has 2 saturated heterocycles. The van der Waals surface area contributed by atoms with E-state index in [2.05, 4.69) is 26.7 Å². The van der Waals surface area contributed by atoms with Gasteiger partial charge in [0.1, 0.15) is 12.4 Å². The van der Waals surface area contributed by atoms with E-state index < -0.39 is 0 Å². The lowest BCUT2D eigenvalue weighted by molar-refractivity contribution is -0.136. The Hall–Kier alpha value is -2.03. The number of rotatable bonds is 6. The number of aromatic amines is 1. The third kappa shape index (κ3) is 5.17. The van der Waals surface area contributed by atoms with Gasteiger partial charge in [-0.25, -0.2) is 4.98 Å². The van der Waals surface area contributed by atoms with Gasteiger partial charge in [0.25, 0.3) is 5.56 Å². The highest BCUT2D eigenvalue weighted by molar-refractivity contribution is 7.07. The van der Waals surface area contributed by atoms with Crippen LogP contribution in [0.4, 0.5) is 0 Å². The van der Waals surface area contributed by atoms with Gasteiger partial charge in [0.05, 0.1) is 5.69 Å². The molecule has 2 aromatic heterocycles. The monoisotopic (exact) mass is 430 g/mol. The number of nitrogens with one attached hydrogen (secondary N) is 1. The van der Waals surface area contributed by atoms with E-state index in [9.17, 15) is 9.59 Å². The molecule has 2 aromatic rings. The van der Waals surface area contributed by atoms with Gasteiger partial charge in [0.15, 0.2) is 0 Å². The van der Waals surface area contributed by atoms with Crippen LogP contribution in [0.1, 0.15) is 54.6 Å². The molecule has 4 heterocycles. The zero-order valence-electron chi connectivity index (χ0n) is 17.5. The van der Waals surface area contributed by atoms with Crippen molar-refractivity contribution in [2.45, 2.75) is 44.1 Å². The van der Waals surface area contributed by atoms with Crippen LogP contribution < -0.4 is 5.56 Å². The molecule has 2 aliphatic rings. The predicted octanol–water partition coefficient (Wildman–Crippen LogP) is 2.56. The second-order valence-corrected chi connectivity index (χ2v) is 9.13. The number of carbonyl (C=O) groups is 1. The van der Waals surface area contributed by atoms with Crippen LogP contribution in [-0.4, -0.2) is 65.6 Å². The van der Waals surface area contributed by atoms with Crippen molar-refractivity contribution in [3.05, 3.63) is 50.3 Å². The van der Waals surface area contributed by atoms with Crippen LogP contribution in [0.25, 0.3) is 0 Å². The largest absolute Gasteiger partial charge is 0.375 e. The van der Waals surface area contributed by atoms with Gasteiger partial charge in [0, 0.05) is 44.6 Å². The summed E-state index contributed by atoms with van der Waals surface area (Å²) in [5.74, 6) is 1.21. The normalized spacial score (nSPS) is 21.1. The molecule has 0 bridgehead atoms. The van der Waals surface area contributed by atoms with Gasteiger partial charge in [-0.05, 0) is 61.2 Å². The summed E-state index contributed by atoms with van der Waals surface area (Å²) in [5, 5.41) is 4.33. The van der Waals surface area contributed by atoms with Crippen LogP contribution in [0, 0.1) is 0 Å². The number of H-pyrrole nitrogens is 1. The number of thiophene rings is 1. The van der Waals surface area contributed by atoms with E-state index >= 15 is 0 Å². The molecule has 1 N–H and O–H groups in total. The Balaban J connectivity index is 1.41. The molecule has 162 valence electrons. The maximum atomic E-state index is 12.4. The summed E-state index contributed by atoms with van der Waals surface area (Å²) in [6.07, 6.45) is 3.87. The van der Waals surface area contributed by atoms with Crippen LogP contribution in [-0.2, 0) is 16.1 Å². The van der Waals surface area contributed by atoms with Crippen LogP contribution in [0.15, 0.2) is 27.7 Å². The van der Waals surface area contributed by atoms with Crippen molar-refractivity contribution >= 4 is 17.2 Å². The van der Waals surface area contributed by atoms with Crippen LogP contribution in [0.5, 0.6) is 0 Å². The first-order chi connectivity index (χ1) is 14.6. The summed E-state index contributed by atoms with van der Waals surface area (Å²) < 4.78 is 4.99.